The zero-order valence-corrected chi connectivity index (χ0v) is 14.8. The lowest BCUT2D eigenvalue weighted by molar-refractivity contribution is 0.100. The van der Waals surface area contributed by atoms with Crippen molar-refractivity contribution in [2.75, 3.05) is 0 Å². The molecule has 5 heteroatoms. The molecular formula is C20H18O4S. The minimum Gasteiger partial charge on any atom is -0.295 e. The molecular weight excluding hydrogens is 336 g/mol. The van der Waals surface area contributed by atoms with Crippen molar-refractivity contribution in [3.05, 3.63) is 81.6 Å². The lowest BCUT2D eigenvalue weighted by Gasteiger charge is -1.98. The van der Waals surface area contributed by atoms with E-state index < -0.39 is 9.84 Å². The molecule has 4 nitrogen and oxygen atoms in total. The van der Waals surface area contributed by atoms with E-state index in [2.05, 4.69) is 0 Å². The van der Waals surface area contributed by atoms with E-state index in [1.165, 1.54) is 26.0 Å². The highest BCUT2D eigenvalue weighted by Crippen LogP contribution is 2.12. The predicted octanol–water partition coefficient (Wildman–Crippen LogP) is 4.15. The van der Waals surface area contributed by atoms with E-state index in [9.17, 15) is 18.0 Å². The van der Waals surface area contributed by atoms with Gasteiger partial charge in [-0.3, -0.25) is 9.59 Å². The third-order valence-electron chi connectivity index (χ3n) is 3.49. The molecule has 128 valence electrons. The maximum absolute atomic E-state index is 12.1. The molecule has 0 aliphatic heterocycles. The van der Waals surface area contributed by atoms with E-state index in [0.717, 1.165) is 10.8 Å². The number of rotatable bonds is 6. The summed E-state index contributed by atoms with van der Waals surface area (Å²) in [5.41, 5.74) is 2.30. The smallest absolute Gasteiger partial charge is 0.193 e. The van der Waals surface area contributed by atoms with Crippen molar-refractivity contribution in [1.82, 2.24) is 0 Å². The fourth-order valence-corrected chi connectivity index (χ4v) is 2.90. The number of carbonyl (C=O) groups is 2. The topological polar surface area (TPSA) is 68.3 Å². The number of hydrogen-bond donors (Lipinski definition) is 0. The number of Topliss-reactive ketones (excluding diaryl/α,β-unsaturated/α-hetero) is 2. The Morgan fingerprint density at radius 2 is 1.16 bits per heavy atom. The first-order valence-corrected chi connectivity index (χ1v) is 9.21. The van der Waals surface area contributed by atoms with Crippen molar-refractivity contribution >= 4 is 33.6 Å². The highest BCUT2D eigenvalue weighted by molar-refractivity contribution is 7.97. The molecule has 0 aliphatic rings. The summed E-state index contributed by atoms with van der Waals surface area (Å²) in [6.07, 6.45) is 2.89. The molecule has 0 radical (unpaired) electrons. The van der Waals surface area contributed by atoms with Crippen LogP contribution in [0.3, 0.4) is 0 Å². The Kier molecular flexibility index (Phi) is 5.83. The molecule has 0 atom stereocenters. The lowest BCUT2D eigenvalue weighted by Crippen LogP contribution is -1.93. The van der Waals surface area contributed by atoms with E-state index in [1.54, 1.807) is 48.5 Å². The van der Waals surface area contributed by atoms with Gasteiger partial charge in [0.2, 0.25) is 0 Å². The summed E-state index contributed by atoms with van der Waals surface area (Å²) in [4.78, 5) is 22.7. The first-order chi connectivity index (χ1) is 11.8. The Balaban J connectivity index is 2.19. The maximum Gasteiger partial charge on any atom is 0.193 e. The molecule has 0 amide bonds. The van der Waals surface area contributed by atoms with Crippen LogP contribution in [-0.2, 0) is 9.84 Å². The minimum absolute atomic E-state index is 0.0802. The number of carbonyl (C=O) groups excluding carboxylic acids is 2. The largest absolute Gasteiger partial charge is 0.295 e. The van der Waals surface area contributed by atoms with Gasteiger partial charge in [0.05, 0.1) is 0 Å². The van der Waals surface area contributed by atoms with Gasteiger partial charge in [0.1, 0.15) is 0 Å². The molecule has 0 aromatic heterocycles. The molecule has 2 aromatic carbocycles. The van der Waals surface area contributed by atoms with Gasteiger partial charge in [0.15, 0.2) is 21.4 Å². The van der Waals surface area contributed by atoms with Gasteiger partial charge in [-0.1, -0.05) is 36.4 Å². The van der Waals surface area contributed by atoms with Gasteiger partial charge in [-0.05, 0) is 49.3 Å². The molecule has 25 heavy (non-hydrogen) atoms. The van der Waals surface area contributed by atoms with E-state index in [1.807, 2.05) is 0 Å². The van der Waals surface area contributed by atoms with Crippen LogP contribution in [0.4, 0.5) is 0 Å². The molecule has 2 aromatic rings. The summed E-state index contributed by atoms with van der Waals surface area (Å²) in [6, 6.07) is 13.5. The molecule has 0 fully saturated rings. The summed E-state index contributed by atoms with van der Waals surface area (Å²) in [7, 11) is -3.58. The van der Waals surface area contributed by atoms with Crippen molar-refractivity contribution in [3.63, 3.8) is 0 Å². The minimum atomic E-state index is -3.58. The van der Waals surface area contributed by atoms with Crippen molar-refractivity contribution in [3.8, 4) is 0 Å². The Morgan fingerprint density at radius 1 is 0.760 bits per heavy atom. The molecule has 0 saturated heterocycles. The van der Waals surface area contributed by atoms with Crippen LogP contribution >= 0.6 is 0 Å². The Morgan fingerprint density at radius 3 is 1.52 bits per heavy atom. The van der Waals surface area contributed by atoms with E-state index >= 15 is 0 Å². The van der Waals surface area contributed by atoms with Crippen LogP contribution in [-0.4, -0.2) is 20.0 Å². The van der Waals surface area contributed by atoms with Gasteiger partial charge in [-0.15, -0.1) is 0 Å². The Labute approximate surface area is 147 Å². The Hall–Kier alpha value is -2.79. The summed E-state index contributed by atoms with van der Waals surface area (Å²) in [5.74, 6) is -0.160. The Bertz CT molecular complexity index is 893. The average Bonchev–Trinajstić information content (AvgIpc) is 2.59. The molecule has 0 unspecified atom stereocenters. The van der Waals surface area contributed by atoms with Crippen molar-refractivity contribution in [2.24, 2.45) is 0 Å². The van der Waals surface area contributed by atoms with Gasteiger partial charge in [-0.2, -0.15) is 0 Å². The third kappa shape index (κ3) is 5.65. The summed E-state index contributed by atoms with van der Waals surface area (Å²) in [5, 5.41) is 2.16. The van der Waals surface area contributed by atoms with Gasteiger partial charge in [-0.25, -0.2) is 8.42 Å². The number of sulfone groups is 1. The van der Waals surface area contributed by atoms with Gasteiger partial charge in [0.25, 0.3) is 0 Å². The SMILES string of the molecule is CC(=O)c1cccc(C=CS(=O)(=O)C=Cc2cccc(C(C)=O)c2)c1. The van der Waals surface area contributed by atoms with Crippen LogP contribution in [0.1, 0.15) is 45.7 Å². The van der Waals surface area contributed by atoms with Crippen LogP contribution in [0.5, 0.6) is 0 Å². The second-order valence-electron chi connectivity index (χ2n) is 5.56. The second kappa shape index (κ2) is 7.85. The quantitative estimate of drug-likeness (QED) is 0.731. The number of hydrogen-bond acceptors (Lipinski definition) is 4. The van der Waals surface area contributed by atoms with Crippen molar-refractivity contribution in [2.45, 2.75) is 13.8 Å². The summed E-state index contributed by atoms with van der Waals surface area (Å²) < 4.78 is 24.2. The number of benzene rings is 2. The first-order valence-electron chi connectivity index (χ1n) is 7.60. The van der Waals surface area contributed by atoms with Gasteiger partial charge in [0, 0.05) is 21.9 Å². The van der Waals surface area contributed by atoms with Gasteiger partial charge >= 0.3 is 0 Å². The molecule has 0 heterocycles. The van der Waals surface area contributed by atoms with E-state index in [4.69, 9.17) is 0 Å². The third-order valence-corrected chi connectivity index (χ3v) is 4.52. The fourth-order valence-electron chi connectivity index (χ4n) is 2.11. The molecule has 0 spiro atoms. The average molecular weight is 354 g/mol. The molecule has 0 N–H and O–H groups in total. The molecule has 0 bridgehead atoms. The zero-order chi connectivity index (χ0) is 18.4. The van der Waals surface area contributed by atoms with E-state index in [-0.39, 0.29) is 11.6 Å². The highest BCUT2D eigenvalue weighted by atomic mass is 32.2. The molecule has 0 aliphatic carbocycles. The predicted molar refractivity (Wildman–Crippen MR) is 99.9 cm³/mol. The zero-order valence-electron chi connectivity index (χ0n) is 14.0. The monoisotopic (exact) mass is 354 g/mol. The lowest BCUT2D eigenvalue weighted by atomic mass is 10.1. The fraction of sp³-hybridized carbons (Fsp3) is 0.100. The highest BCUT2D eigenvalue weighted by Gasteiger charge is 2.03. The summed E-state index contributed by atoms with van der Waals surface area (Å²) in [6.45, 7) is 2.91. The van der Waals surface area contributed by atoms with Crippen LogP contribution < -0.4 is 0 Å². The molecule has 0 saturated carbocycles. The van der Waals surface area contributed by atoms with Crippen LogP contribution in [0, 0.1) is 0 Å². The molecule has 2 rings (SSSR count). The maximum atomic E-state index is 12.1. The van der Waals surface area contributed by atoms with Crippen LogP contribution in [0.15, 0.2) is 59.3 Å². The van der Waals surface area contributed by atoms with Crippen LogP contribution in [0.25, 0.3) is 12.2 Å². The number of ketones is 2. The van der Waals surface area contributed by atoms with Crippen molar-refractivity contribution in [1.29, 1.82) is 0 Å². The normalized spacial score (nSPS) is 11.9. The summed E-state index contributed by atoms with van der Waals surface area (Å²) >= 11 is 0. The van der Waals surface area contributed by atoms with Gasteiger partial charge < -0.3 is 0 Å². The standard InChI is InChI=1S/C20H18O4S/c1-15(21)19-7-3-5-17(13-19)9-11-25(23,24)12-10-18-6-4-8-20(14-18)16(2)22/h3-14H,1-2H3. The first kappa shape index (κ1) is 18.5. The second-order valence-corrected chi connectivity index (χ2v) is 7.28. The van der Waals surface area contributed by atoms with Crippen molar-refractivity contribution < 1.29 is 18.0 Å². The van der Waals surface area contributed by atoms with Crippen LogP contribution in [0.2, 0.25) is 0 Å². The van der Waals surface area contributed by atoms with E-state index in [0.29, 0.717) is 22.3 Å².